The van der Waals surface area contributed by atoms with Gasteiger partial charge in [-0.1, -0.05) is 36.7 Å². The van der Waals surface area contributed by atoms with Crippen LogP contribution in [0.3, 0.4) is 0 Å². The van der Waals surface area contributed by atoms with Gasteiger partial charge in [0.05, 0.1) is 4.92 Å². The van der Waals surface area contributed by atoms with Gasteiger partial charge in [0.15, 0.2) is 5.78 Å². The summed E-state index contributed by atoms with van der Waals surface area (Å²) < 4.78 is 79.4. The summed E-state index contributed by atoms with van der Waals surface area (Å²) in [6.45, 7) is 2.65. The third-order valence-corrected chi connectivity index (χ3v) is 5.39. The molecule has 0 saturated heterocycles. The van der Waals surface area contributed by atoms with Crippen molar-refractivity contribution in [3.05, 3.63) is 73.3 Å². The number of hydrogen-bond donors (Lipinski definition) is 1. The molecule has 0 radical (unpaired) electrons. The van der Waals surface area contributed by atoms with Gasteiger partial charge in [-0.15, -0.1) is 0 Å². The molecule has 0 amide bonds. The van der Waals surface area contributed by atoms with Gasteiger partial charge < -0.3 is 5.11 Å². The Kier molecular flexibility index (Phi) is 6.96. The van der Waals surface area contributed by atoms with E-state index in [0.29, 0.717) is 12.1 Å². The van der Waals surface area contributed by atoms with Crippen molar-refractivity contribution in [3.63, 3.8) is 0 Å². The molecule has 0 bridgehead atoms. The van der Waals surface area contributed by atoms with Crippen LogP contribution < -0.4 is 0 Å². The number of carbonyl (C=O) groups is 1. The van der Waals surface area contributed by atoms with Crippen LogP contribution in [0.15, 0.2) is 30.3 Å². The Morgan fingerprint density at radius 3 is 2.16 bits per heavy atom. The number of hydrogen-bond acceptors (Lipinski definition) is 4. The number of halogens is 7. The minimum absolute atomic E-state index is 0.0261. The summed E-state index contributed by atoms with van der Waals surface area (Å²) in [5, 5.41) is 20.2. The minimum Gasteiger partial charge on any atom is -0.369 e. The number of carbonyl (C=O) groups excluding carboxylic acids is 1. The van der Waals surface area contributed by atoms with Gasteiger partial charge in [-0.2, -0.15) is 26.3 Å². The predicted molar refractivity (Wildman–Crippen MR) is 103 cm³/mol. The molecule has 0 aliphatic heterocycles. The average molecular weight is 484 g/mol. The van der Waals surface area contributed by atoms with E-state index in [-0.39, 0.29) is 28.7 Å². The molecular weight excluding hydrogens is 468 g/mol. The second kappa shape index (κ2) is 8.70. The molecule has 2 aromatic rings. The molecule has 5 nitrogen and oxygen atoms in total. The number of alkyl halides is 6. The number of rotatable bonds is 6. The first kappa shape index (κ1) is 25.6. The van der Waals surface area contributed by atoms with Gasteiger partial charge in [0.25, 0.3) is 11.3 Å². The standard InChI is InChI=1S/C20H16ClF6NO4/c1-3-11-8-12(18(30,19(22,23)24)20(25,26)27)7-10(2)14(11)9-16(29)13-5-4-6-15(17(13)21)28(31)32/h4-8,30H,3,9H2,1-2H3. The molecule has 0 atom stereocenters. The Morgan fingerprint density at radius 1 is 1.12 bits per heavy atom. The predicted octanol–water partition coefficient (Wildman–Crippen LogP) is 5.86. The van der Waals surface area contributed by atoms with Gasteiger partial charge in [0.2, 0.25) is 0 Å². The molecule has 2 rings (SSSR count). The van der Waals surface area contributed by atoms with Crippen LogP contribution in [-0.2, 0) is 18.4 Å². The van der Waals surface area contributed by atoms with Crippen molar-refractivity contribution in [3.8, 4) is 0 Å². The van der Waals surface area contributed by atoms with Crippen LogP contribution >= 0.6 is 11.6 Å². The molecule has 32 heavy (non-hydrogen) atoms. The Bertz CT molecular complexity index is 1050. The lowest BCUT2D eigenvalue weighted by molar-refractivity contribution is -0.384. The summed E-state index contributed by atoms with van der Waals surface area (Å²) in [5.74, 6) is -0.717. The smallest absolute Gasteiger partial charge is 0.369 e. The fourth-order valence-corrected chi connectivity index (χ4v) is 3.59. The highest BCUT2D eigenvalue weighted by molar-refractivity contribution is 6.36. The van der Waals surface area contributed by atoms with E-state index in [2.05, 4.69) is 0 Å². The highest BCUT2D eigenvalue weighted by Gasteiger charge is 2.71. The van der Waals surface area contributed by atoms with Crippen molar-refractivity contribution in [2.24, 2.45) is 0 Å². The molecule has 0 aliphatic carbocycles. The second-order valence-corrected chi connectivity index (χ2v) is 7.36. The van der Waals surface area contributed by atoms with E-state index < -0.39 is 51.4 Å². The summed E-state index contributed by atoms with van der Waals surface area (Å²) in [5.41, 5.74) is -7.25. The van der Waals surface area contributed by atoms with Crippen LogP contribution in [-0.4, -0.2) is 28.2 Å². The van der Waals surface area contributed by atoms with E-state index in [1.54, 1.807) is 0 Å². The summed E-state index contributed by atoms with van der Waals surface area (Å²) in [6.07, 6.45) is -12.6. The first-order chi connectivity index (χ1) is 14.6. The van der Waals surface area contributed by atoms with Crippen LogP contribution in [0.25, 0.3) is 0 Å². The molecule has 0 saturated carbocycles. The zero-order valence-corrected chi connectivity index (χ0v) is 17.3. The van der Waals surface area contributed by atoms with Crippen molar-refractivity contribution in [2.75, 3.05) is 0 Å². The molecule has 1 N–H and O–H groups in total. The average Bonchev–Trinajstić information content (AvgIpc) is 2.66. The number of aryl methyl sites for hydroxylation is 2. The zero-order chi connectivity index (χ0) is 24.6. The molecule has 0 fully saturated rings. The van der Waals surface area contributed by atoms with Gasteiger partial charge in [0.1, 0.15) is 5.02 Å². The summed E-state index contributed by atoms with van der Waals surface area (Å²) in [4.78, 5) is 22.9. The van der Waals surface area contributed by atoms with E-state index in [9.17, 15) is 46.4 Å². The van der Waals surface area contributed by atoms with Gasteiger partial charge in [-0.25, -0.2) is 0 Å². The van der Waals surface area contributed by atoms with Crippen molar-refractivity contribution < 1.29 is 41.2 Å². The fourth-order valence-electron chi connectivity index (χ4n) is 3.29. The lowest BCUT2D eigenvalue weighted by atomic mass is 9.85. The summed E-state index contributed by atoms with van der Waals surface area (Å²) in [6, 6.07) is 4.61. The van der Waals surface area contributed by atoms with Gasteiger partial charge in [0, 0.05) is 23.6 Å². The van der Waals surface area contributed by atoms with Crippen LogP contribution in [0, 0.1) is 17.0 Å². The quantitative estimate of drug-likeness (QED) is 0.242. The Morgan fingerprint density at radius 2 is 1.69 bits per heavy atom. The molecule has 0 aliphatic rings. The molecule has 2 aromatic carbocycles. The first-order valence-electron chi connectivity index (χ1n) is 9.01. The third-order valence-electron chi connectivity index (χ3n) is 5.00. The molecular formula is C20H16ClF6NO4. The molecule has 0 spiro atoms. The molecule has 12 heteroatoms. The van der Waals surface area contributed by atoms with Crippen LogP contribution in [0.4, 0.5) is 32.0 Å². The Balaban J connectivity index is 2.59. The maximum absolute atomic E-state index is 13.2. The van der Waals surface area contributed by atoms with E-state index in [1.807, 2.05) is 0 Å². The third kappa shape index (κ3) is 4.44. The van der Waals surface area contributed by atoms with Crippen molar-refractivity contribution in [2.45, 2.75) is 44.6 Å². The number of aliphatic hydroxyl groups is 1. The fraction of sp³-hybridized carbons (Fsp3) is 0.350. The zero-order valence-electron chi connectivity index (χ0n) is 16.6. The van der Waals surface area contributed by atoms with E-state index in [4.69, 9.17) is 11.6 Å². The first-order valence-corrected chi connectivity index (χ1v) is 9.38. The van der Waals surface area contributed by atoms with Gasteiger partial charge >= 0.3 is 12.4 Å². The SMILES string of the molecule is CCc1cc(C(O)(C(F)(F)F)C(F)(F)F)cc(C)c1CC(=O)c1cccc([N+](=O)[O-])c1Cl. The maximum Gasteiger partial charge on any atom is 0.430 e. The molecule has 0 heterocycles. The minimum atomic E-state index is -6.05. The lowest BCUT2D eigenvalue weighted by Crippen LogP contribution is -2.54. The summed E-state index contributed by atoms with van der Waals surface area (Å²) in [7, 11) is 0. The number of nitro groups is 1. The lowest BCUT2D eigenvalue weighted by Gasteiger charge is -2.33. The number of ketones is 1. The highest BCUT2D eigenvalue weighted by Crippen LogP contribution is 2.50. The van der Waals surface area contributed by atoms with Crippen LogP contribution in [0.5, 0.6) is 0 Å². The topological polar surface area (TPSA) is 80.4 Å². The normalized spacial score (nSPS) is 12.7. The number of nitrogens with zero attached hydrogens (tertiary/aromatic N) is 1. The summed E-state index contributed by atoms with van der Waals surface area (Å²) >= 11 is 5.92. The molecule has 174 valence electrons. The van der Waals surface area contributed by atoms with E-state index in [1.165, 1.54) is 26.0 Å². The van der Waals surface area contributed by atoms with Crippen LogP contribution in [0.2, 0.25) is 5.02 Å². The van der Waals surface area contributed by atoms with Crippen molar-refractivity contribution in [1.82, 2.24) is 0 Å². The molecule has 0 aromatic heterocycles. The highest BCUT2D eigenvalue weighted by atomic mass is 35.5. The van der Waals surface area contributed by atoms with E-state index in [0.717, 1.165) is 6.07 Å². The Hall–Kier alpha value is -2.66. The Labute approximate surface area is 182 Å². The van der Waals surface area contributed by atoms with Crippen LogP contribution in [0.1, 0.15) is 39.5 Å². The van der Waals surface area contributed by atoms with Gasteiger partial charge in [-0.3, -0.25) is 14.9 Å². The number of Topliss-reactive ketones (excluding diaryl/α,β-unsaturated/α-hetero) is 1. The molecule has 0 unspecified atom stereocenters. The second-order valence-electron chi connectivity index (χ2n) is 6.99. The van der Waals surface area contributed by atoms with Crippen molar-refractivity contribution >= 4 is 23.1 Å². The monoisotopic (exact) mass is 483 g/mol. The van der Waals surface area contributed by atoms with Crippen molar-refractivity contribution in [1.29, 1.82) is 0 Å². The van der Waals surface area contributed by atoms with E-state index >= 15 is 0 Å². The largest absolute Gasteiger partial charge is 0.430 e. The van der Waals surface area contributed by atoms with Gasteiger partial charge in [-0.05, 0) is 36.1 Å². The maximum atomic E-state index is 13.2. The number of benzene rings is 2. The number of nitro benzene ring substituents is 1.